The lowest BCUT2D eigenvalue weighted by molar-refractivity contribution is -0.115. The van der Waals surface area contributed by atoms with Crippen LogP contribution in [0.25, 0.3) is 0 Å². The van der Waals surface area contributed by atoms with Gasteiger partial charge in [-0.2, -0.15) is 0 Å². The van der Waals surface area contributed by atoms with Crippen LogP contribution in [0.5, 0.6) is 0 Å². The van der Waals surface area contributed by atoms with Crippen LogP contribution in [0.2, 0.25) is 0 Å². The number of carbonyl (C=O) groups is 1. The predicted octanol–water partition coefficient (Wildman–Crippen LogP) is 2.86. The van der Waals surface area contributed by atoms with Crippen molar-refractivity contribution in [2.75, 3.05) is 43.1 Å². The van der Waals surface area contributed by atoms with Gasteiger partial charge in [-0.15, -0.1) is 10.2 Å². The molecule has 1 N–H and O–H groups in total. The lowest BCUT2D eigenvalue weighted by Gasteiger charge is -2.28. The maximum atomic E-state index is 13.8. The van der Waals surface area contributed by atoms with Gasteiger partial charge >= 0.3 is 0 Å². The van der Waals surface area contributed by atoms with Crippen LogP contribution in [-0.4, -0.2) is 64.9 Å². The minimum Gasteiger partial charge on any atom is -0.378 e. The summed E-state index contributed by atoms with van der Waals surface area (Å²) < 4.78 is 27.2. The number of halogens is 1. The number of hydrogen-bond acceptors (Lipinski definition) is 7. The molecule has 1 amide bonds. The second-order valence-corrected chi connectivity index (χ2v) is 9.15. The molecular weight excluding hydrogens is 421 g/mol. The Morgan fingerprint density at radius 2 is 2.13 bits per heavy atom. The first-order chi connectivity index (χ1) is 15.0. The van der Waals surface area contributed by atoms with Crippen LogP contribution in [0, 0.1) is 12.7 Å². The molecule has 2 fully saturated rings. The maximum absolute atomic E-state index is 13.8. The Balaban J connectivity index is 1.48. The molecule has 0 aliphatic carbocycles. The van der Waals surface area contributed by atoms with Gasteiger partial charge in [-0.1, -0.05) is 17.8 Å². The molecule has 2 aliphatic rings. The Morgan fingerprint density at radius 3 is 2.84 bits per heavy atom. The van der Waals surface area contributed by atoms with Crippen LogP contribution >= 0.6 is 11.8 Å². The molecule has 168 valence electrons. The number of nitrogens with one attached hydrogen (secondary N) is 1. The fraction of sp³-hybridized carbons (Fsp3) is 0.571. The topological polar surface area (TPSA) is 81.5 Å². The predicted molar refractivity (Wildman–Crippen MR) is 117 cm³/mol. The van der Waals surface area contributed by atoms with E-state index in [-0.39, 0.29) is 17.8 Å². The molecule has 10 heteroatoms. The van der Waals surface area contributed by atoms with E-state index in [9.17, 15) is 9.18 Å². The third kappa shape index (κ3) is 5.36. The van der Waals surface area contributed by atoms with E-state index in [0.29, 0.717) is 36.2 Å². The van der Waals surface area contributed by atoms with Crippen molar-refractivity contribution in [2.24, 2.45) is 0 Å². The second-order valence-electron chi connectivity index (χ2n) is 7.84. The van der Waals surface area contributed by atoms with E-state index in [0.717, 1.165) is 38.5 Å². The summed E-state index contributed by atoms with van der Waals surface area (Å²) in [6.07, 6.45) is 2.17. The number of aryl methyl sites for hydroxylation is 1. The Hall–Kier alpha value is -2.17. The number of thioether (sulfide) groups is 1. The van der Waals surface area contributed by atoms with Gasteiger partial charge in [0.2, 0.25) is 11.9 Å². The standard InChI is InChI=1S/C21H28FN5O3S/c1-14-5-6-16(12-18(14)22)23-19(28)15(2)31-21-25-24-20(26-7-10-29-11-8-26)27(21)13-17-4-3-9-30-17/h5-6,12,15,17H,3-4,7-11,13H2,1-2H3,(H,23,28). The molecule has 0 radical (unpaired) electrons. The number of rotatable bonds is 7. The molecule has 1 aromatic carbocycles. The van der Waals surface area contributed by atoms with Crippen molar-refractivity contribution in [3.8, 4) is 0 Å². The highest BCUT2D eigenvalue weighted by molar-refractivity contribution is 8.00. The smallest absolute Gasteiger partial charge is 0.237 e. The molecule has 2 aliphatic heterocycles. The third-order valence-electron chi connectivity index (χ3n) is 5.49. The van der Waals surface area contributed by atoms with Gasteiger partial charge in [0, 0.05) is 25.4 Å². The van der Waals surface area contributed by atoms with Gasteiger partial charge in [0.1, 0.15) is 5.82 Å². The van der Waals surface area contributed by atoms with E-state index in [4.69, 9.17) is 9.47 Å². The molecule has 0 saturated carbocycles. The van der Waals surface area contributed by atoms with Gasteiger partial charge in [-0.25, -0.2) is 4.39 Å². The highest BCUT2D eigenvalue weighted by Gasteiger charge is 2.27. The van der Waals surface area contributed by atoms with Crippen LogP contribution < -0.4 is 10.2 Å². The molecule has 2 saturated heterocycles. The van der Waals surface area contributed by atoms with E-state index in [2.05, 4.69) is 25.0 Å². The van der Waals surface area contributed by atoms with Gasteiger partial charge < -0.3 is 19.7 Å². The number of amides is 1. The van der Waals surface area contributed by atoms with Crippen LogP contribution in [0.3, 0.4) is 0 Å². The molecule has 31 heavy (non-hydrogen) atoms. The number of anilines is 2. The second kappa shape index (κ2) is 9.97. The molecule has 2 unspecified atom stereocenters. The van der Waals surface area contributed by atoms with Crippen LogP contribution in [0.4, 0.5) is 16.0 Å². The maximum Gasteiger partial charge on any atom is 0.237 e. The number of ether oxygens (including phenoxy) is 2. The Bertz CT molecular complexity index is 912. The van der Waals surface area contributed by atoms with Crippen molar-refractivity contribution in [3.05, 3.63) is 29.6 Å². The summed E-state index contributed by atoms with van der Waals surface area (Å²) in [6, 6.07) is 4.68. The fourth-order valence-corrected chi connectivity index (χ4v) is 4.50. The first kappa shape index (κ1) is 22.0. The molecule has 3 heterocycles. The van der Waals surface area contributed by atoms with Crippen molar-refractivity contribution in [3.63, 3.8) is 0 Å². The molecule has 4 rings (SSSR count). The van der Waals surface area contributed by atoms with E-state index in [1.54, 1.807) is 19.1 Å². The summed E-state index contributed by atoms with van der Waals surface area (Å²) in [7, 11) is 0. The summed E-state index contributed by atoms with van der Waals surface area (Å²) in [4.78, 5) is 14.9. The SMILES string of the molecule is Cc1ccc(NC(=O)C(C)Sc2nnc(N3CCOCC3)n2CC2CCCO2)cc1F. The van der Waals surface area contributed by atoms with E-state index < -0.39 is 5.25 Å². The molecule has 0 spiro atoms. The molecule has 8 nitrogen and oxygen atoms in total. The Morgan fingerprint density at radius 1 is 1.32 bits per heavy atom. The summed E-state index contributed by atoms with van der Waals surface area (Å²) >= 11 is 1.34. The number of hydrogen-bond donors (Lipinski definition) is 1. The molecule has 0 bridgehead atoms. The summed E-state index contributed by atoms with van der Waals surface area (Å²) in [5.41, 5.74) is 0.980. The Kier molecular flexibility index (Phi) is 7.09. The average molecular weight is 450 g/mol. The van der Waals surface area contributed by atoms with Crippen LogP contribution in [0.1, 0.15) is 25.3 Å². The highest BCUT2D eigenvalue weighted by atomic mass is 32.2. The number of morpholine rings is 1. The zero-order chi connectivity index (χ0) is 21.8. The lowest BCUT2D eigenvalue weighted by Crippen LogP contribution is -2.38. The summed E-state index contributed by atoms with van der Waals surface area (Å²) in [6.45, 7) is 7.74. The van der Waals surface area contributed by atoms with Crippen LogP contribution in [0.15, 0.2) is 23.4 Å². The van der Waals surface area contributed by atoms with E-state index >= 15 is 0 Å². The summed E-state index contributed by atoms with van der Waals surface area (Å²) in [5.74, 6) is 0.229. The van der Waals surface area contributed by atoms with Crippen molar-refractivity contribution in [1.82, 2.24) is 14.8 Å². The molecule has 1 aromatic heterocycles. The molecule has 2 aromatic rings. The van der Waals surface area contributed by atoms with Gasteiger partial charge in [-0.3, -0.25) is 9.36 Å². The molecular formula is C21H28FN5O3S. The first-order valence-electron chi connectivity index (χ1n) is 10.6. The number of benzene rings is 1. The van der Waals surface area contributed by atoms with E-state index in [1.807, 2.05) is 6.92 Å². The minimum atomic E-state index is -0.436. The van der Waals surface area contributed by atoms with Crippen molar-refractivity contribution in [1.29, 1.82) is 0 Å². The molecule has 2 atom stereocenters. The van der Waals surface area contributed by atoms with Gasteiger partial charge in [0.25, 0.3) is 0 Å². The normalized spacial score (nSPS) is 20.1. The third-order valence-corrected chi connectivity index (χ3v) is 6.57. The van der Waals surface area contributed by atoms with Crippen molar-refractivity contribution < 1.29 is 18.7 Å². The quantitative estimate of drug-likeness (QED) is 0.651. The summed E-state index contributed by atoms with van der Waals surface area (Å²) in [5, 5.41) is 11.8. The largest absolute Gasteiger partial charge is 0.378 e. The zero-order valence-corrected chi connectivity index (χ0v) is 18.7. The van der Waals surface area contributed by atoms with Gasteiger partial charge in [0.05, 0.1) is 31.1 Å². The number of carbonyl (C=O) groups excluding carboxylic acids is 1. The Labute approximate surface area is 185 Å². The van der Waals surface area contributed by atoms with Gasteiger partial charge in [-0.05, 0) is 44.4 Å². The number of nitrogens with zero attached hydrogens (tertiary/aromatic N) is 4. The van der Waals surface area contributed by atoms with E-state index in [1.165, 1.54) is 17.8 Å². The van der Waals surface area contributed by atoms with Crippen LogP contribution in [-0.2, 0) is 20.8 Å². The van der Waals surface area contributed by atoms with Crippen molar-refractivity contribution in [2.45, 2.75) is 49.7 Å². The minimum absolute atomic E-state index is 0.120. The number of aromatic nitrogens is 3. The zero-order valence-electron chi connectivity index (χ0n) is 17.8. The average Bonchev–Trinajstić information content (AvgIpc) is 3.42. The van der Waals surface area contributed by atoms with Crippen molar-refractivity contribution >= 4 is 29.3 Å². The highest BCUT2D eigenvalue weighted by Crippen LogP contribution is 2.29. The fourth-order valence-electron chi connectivity index (χ4n) is 3.64. The lowest BCUT2D eigenvalue weighted by atomic mass is 10.2. The monoisotopic (exact) mass is 449 g/mol. The first-order valence-corrected chi connectivity index (χ1v) is 11.5. The van der Waals surface area contributed by atoms with Gasteiger partial charge in [0.15, 0.2) is 5.16 Å².